The van der Waals surface area contributed by atoms with Crippen molar-refractivity contribution in [2.45, 2.75) is 40.2 Å². The molecule has 2 aromatic rings. The van der Waals surface area contributed by atoms with Gasteiger partial charge < -0.3 is 15.2 Å². The van der Waals surface area contributed by atoms with Crippen LogP contribution in [0.25, 0.3) is 0 Å². The minimum Gasteiger partial charge on any atom is -0.357 e. The van der Waals surface area contributed by atoms with Crippen molar-refractivity contribution < 1.29 is 0 Å². The lowest BCUT2D eigenvalue weighted by Crippen LogP contribution is -2.38. The third kappa shape index (κ3) is 8.21. The van der Waals surface area contributed by atoms with Crippen LogP contribution in [0.5, 0.6) is 0 Å². The van der Waals surface area contributed by atoms with Crippen LogP contribution in [0, 0.1) is 5.92 Å². The summed E-state index contributed by atoms with van der Waals surface area (Å²) >= 11 is 0. The van der Waals surface area contributed by atoms with Crippen LogP contribution in [0.3, 0.4) is 0 Å². The first-order chi connectivity index (χ1) is 12.2. The van der Waals surface area contributed by atoms with Crippen molar-refractivity contribution in [2.24, 2.45) is 10.9 Å². The van der Waals surface area contributed by atoms with Gasteiger partial charge >= 0.3 is 0 Å². The van der Waals surface area contributed by atoms with Crippen LogP contribution in [0.1, 0.15) is 38.6 Å². The summed E-state index contributed by atoms with van der Waals surface area (Å²) in [6.45, 7) is 9.95. The van der Waals surface area contributed by atoms with Crippen LogP contribution in [-0.4, -0.2) is 35.1 Å². The Bertz CT molecular complexity index is 637. The fourth-order valence-corrected chi connectivity index (χ4v) is 2.56. The first-order valence-electron chi connectivity index (χ1n) is 9.25. The van der Waals surface area contributed by atoms with E-state index in [-0.39, 0.29) is 24.0 Å². The molecular formula is C20H32IN5. The van der Waals surface area contributed by atoms with Gasteiger partial charge in [-0.25, -0.2) is 4.98 Å². The van der Waals surface area contributed by atoms with Crippen LogP contribution >= 0.6 is 24.0 Å². The standard InChI is InChI=1S/C20H31N5.HI/c1-4-21-20(23-12-10-17(2)3)24-13-11-19-22-14-15-25(19)16-18-8-6-5-7-9-18;/h5-9,14-15,17H,4,10-13,16H2,1-3H3,(H2,21,23,24);1H. The summed E-state index contributed by atoms with van der Waals surface area (Å²) in [6.07, 6.45) is 5.90. The van der Waals surface area contributed by atoms with Gasteiger partial charge in [-0.3, -0.25) is 4.99 Å². The van der Waals surface area contributed by atoms with Crippen molar-refractivity contribution in [2.75, 3.05) is 19.6 Å². The molecule has 2 rings (SSSR count). The maximum Gasteiger partial charge on any atom is 0.191 e. The normalized spacial score (nSPS) is 11.3. The van der Waals surface area contributed by atoms with Crippen LogP contribution in [0.4, 0.5) is 0 Å². The second kappa shape index (κ2) is 12.7. The maximum atomic E-state index is 4.63. The highest BCUT2D eigenvalue weighted by atomic mass is 127. The fraction of sp³-hybridized carbons (Fsp3) is 0.500. The molecule has 0 saturated heterocycles. The molecule has 0 bridgehead atoms. The molecular weight excluding hydrogens is 437 g/mol. The van der Waals surface area contributed by atoms with Crippen molar-refractivity contribution in [3.63, 3.8) is 0 Å². The molecule has 26 heavy (non-hydrogen) atoms. The lowest BCUT2D eigenvalue weighted by atomic mass is 10.1. The maximum absolute atomic E-state index is 4.63. The molecule has 144 valence electrons. The highest BCUT2D eigenvalue weighted by molar-refractivity contribution is 14.0. The lowest BCUT2D eigenvalue weighted by molar-refractivity contribution is 0.594. The van der Waals surface area contributed by atoms with Gasteiger partial charge in [0, 0.05) is 45.0 Å². The highest BCUT2D eigenvalue weighted by Crippen LogP contribution is 2.06. The summed E-state index contributed by atoms with van der Waals surface area (Å²) < 4.78 is 2.21. The van der Waals surface area contributed by atoms with Crippen molar-refractivity contribution in [3.8, 4) is 0 Å². The number of imidazole rings is 1. The average Bonchev–Trinajstić information content (AvgIpc) is 3.02. The molecule has 1 aromatic carbocycles. The second-order valence-electron chi connectivity index (χ2n) is 6.58. The summed E-state index contributed by atoms with van der Waals surface area (Å²) in [6, 6.07) is 10.5. The van der Waals surface area contributed by atoms with E-state index in [4.69, 9.17) is 0 Å². The van der Waals surface area contributed by atoms with E-state index in [0.717, 1.165) is 50.8 Å². The molecule has 6 heteroatoms. The summed E-state index contributed by atoms with van der Waals surface area (Å²) in [4.78, 5) is 9.13. The van der Waals surface area contributed by atoms with E-state index in [1.807, 2.05) is 18.5 Å². The molecule has 0 atom stereocenters. The molecule has 1 heterocycles. The Morgan fingerprint density at radius 2 is 1.96 bits per heavy atom. The number of benzene rings is 1. The third-order valence-electron chi connectivity index (χ3n) is 3.96. The first-order valence-corrected chi connectivity index (χ1v) is 9.25. The van der Waals surface area contributed by atoms with E-state index in [0.29, 0.717) is 5.92 Å². The van der Waals surface area contributed by atoms with E-state index in [1.165, 1.54) is 5.56 Å². The minimum atomic E-state index is 0. The number of aromatic nitrogens is 2. The van der Waals surface area contributed by atoms with E-state index in [9.17, 15) is 0 Å². The zero-order valence-electron chi connectivity index (χ0n) is 16.1. The Morgan fingerprint density at radius 3 is 2.65 bits per heavy atom. The molecule has 0 aliphatic rings. The van der Waals surface area contributed by atoms with Crippen LogP contribution < -0.4 is 10.6 Å². The number of rotatable bonds is 9. The van der Waals surface area contributed by atoms with Gasteiger partial charge in [0.2, 0.25) is 0 Å². The van der Waals surface area contributed by atoms with Gasteiger partial charge in [-0.15, -0.1) is 24.0 Å². The number of halogens is 1. The smallest absolute Gasteiger partial charge is 0.191 e. The third-order valence-corrected chi connectivity index (χ3v) is 3.96. The van der Waals surface area contributed by atoms with Crippen molar-refractivity contribution in [3.05, 3.63) is 54.1 Å². The van der Waals surface area contributed by atoms with Crippen LogP contribution in [-0.2, 0) is 13.0 Å². The highest BCUT2D eigenvalue weighted by Gasteiger charge is 2.04. The number of guanidine groups is 1. The van der Waals surface area contributed by atoms with Crippen molar-refractivity contribution >= 4 is 29.9 Å². The zero-order chi connectivity index (χ0) is 17.9. The molecule has 0 fully saturated rings. The molecule has 1 aromatic heterocycles. The Balaban J connectivity index is 0.00000338. The number of hydrogen-bond acceptors (Lipinski definition) is 2. The number of aliphatic imine (C=N–C) groups is 1. The molecule has 0 unspecified atom stereocenters. The van der Waals surface area contributed by atoms with Crippen LogP contribution in [0.15, 0.2) is 47.7 Å². The number of hydrogen-bond donors (Lipinski definition) is 2. The zero-order valence-corrected chi connectivity index (χ0v) is 18.4. The van der Waals surface area contributed by atoms with Gasteiger partial charge in [-0.1, -0.05) is 44.2 Å². The predicted molar refractivity (Wildman–Crippen MR) is 120 cm³/mol. The first kappa shape index (κ1) is 22.5. The fourth-order valence-electron chi connectivity index (χ4n) is 2.56. The molecule has 0 aliphatic carbocycles. The van der Waals surface area contributed by atoms with Gasteiger partial charge in [-0.2, -0.15) is 0 Å². The average molecular weight is 469 g/mol. The van der Waals surface area contributed by atoms with Crippen molar-refractivity contribution in [1.29, 1.82) is 0 Å². The molecule has 0 radical (unpaired) electrons. The summed E-state index contributed by atoms with van der Waals surface area (Å²) in [5, 5.41) is 6.71. The van der Waals surface area contributed by atoms with Gasteiger partial charge in [0.25, 0.3) is 0 Å². The molecule has 0 spiro atoms. The lowest BCUT2D eigenvalue weighted by Gasteiger charge is -2.12. The largest absolute Gasteiger partial charge is 0.357 e. The number of nitrogens with one attached hydrogen (secondary N) is 2. The summed E-state index contributed by atoms with van der Waals surface area (Å²) in [5.74, 6) is 2.66. The van der Waals surface area contributed by atoms with E-state index in [2.05, 4.69) is 70.2 Å². The Kier molecular flexibility index (Phi) is 11.0. The Labute approximate surface area is 174 Å². The molecule has 0 amide bonds. The molecule has 0 saturated carbocycles. The predicted octanol–water partition coefficient (Wildman–Crippen LogP) is 3.69. The minimum absolute atomic E-state index is 0. The monoisotopic (exact) mass is 469 g/mol. The molecule has 5 nitrogen and oxygen atoms in total. The second-order valence-corrected chi connectivity index (χ2v) is 6.58. The van der Waals surface area contributed by atoms with Gasteiger partial charge in [0.1, 0.15) is 5.82 Å². The molecule has 0 aliphatic heterocycles. The van der Waals surface area contributed by atoms with E-state index in [1.54, 1.807) is 0 Å². The summed E-state index contributed by atoms with van der Waals surface area (Å²) in [5.41, 5.74) is 1.29. The number of nitrogens with zero attached hydrogens (tertiary/aromatic N) is 3. The van der Waals surface area contributed by atoms with Gasteiger partial charge in [-0.05, 0) is 24.8 Å². The van der Waals surface area contributed by atoms with Crippen LogP contribution in [0.2, 0.25) is 0 Å². The van der Waals surface area contributed by atoms with Crippen molar-refractivity contribution in [1.82, 2.24) is 20.2 Å². The topological polar surface area (TPSA) is 54.2 Å². The Morgan fingerprint density at radius 1 is 1.19 bits per heavy atom. The van der Waals surface area contributed by atoms with Gasteiger partial charge in [0.05, 0.1) is 0 Å². The SMILES string of the molecule is CCNC(=NCCC(C)C)NCCc1nccn1Cc1ccccc1.I. The Hall–Kier alpha value is -1.57. The molecule has 2 N–H and O–H groups in total. The summed E-state index contributed by atoms with van der Waals surface area (Å²) in [7, 11) is 0. The van der Waals surface area contributed by atoms with E-state index < -0.39 is 0 Å². The van der Waals surface area contributed by atoms with Gasteiger partial charge in [0.15, 0.2) is 5.96 Å². The van der Waals surface area contributed by atoms with E-state index >= 15 is 0 Å². The quantitative estimate of drug-likeness (QED) is 0.335.